The van der Waals surface area contributed by atoms with Crippen LogP contribution in [0.4, 0.5) is 10.5 Å². The summed E-state index contributed by atoms with van der Waals surface area (Å²) in [4.78, 5) is 26.8. The second kappa shape index (κ2) is 8.55. The van der Waals surface area contributed by atoms with Gasteiger partial charge in [0.2, 0.25) is 0 Å². The Bertz CT molecular complexity index is 843. The van der Waals surface area contributed by atoms with Gasteiger partial charge in [0, 0.05) is 5.69 Å². The Balaban J connectivity index is 1.75. The van der Waals surface area contributed by atoms with Crippen LogP contribution >= 0.6 is 0 Å². The van der Waals surface area contributed by atoms with Crippen LogP contribution in [0, 0.1) is 0 Å². The molecule has 6 nitrogen and oxygen atoms in total. The SMILES string of the molecule is COc1ccc(N2C(=O)[C@@H](NC(=O)OC(C)(C)C)[C@H]2CCc2ccccc2)cc1. The molecule has 154 valence electrons. The lowest BCUT2D eigenvalue weighted by atomic mass is 9.88. The van der Waals surface area contributed by atoms with Crippen LogP contribution in [0.1, 0.15) is 32.8 Å². The van der Waals surface area contributed by atoms with Crippen molar-refractivity contribution in [2.24, 2.45) is 0 Å². The number of nitrogens with one attached hydrogen (secondary N) is 1. The first-order valence-electron chi connectivity index (χ1n) is 9.79. The number of ether oxygens (including phenoxy) is 2. The van der Waals surface area contributed by atoms with E-state index in [-0.39, 0.29) is 11.9 Å². The molecule has 1 saturated heterocycles. The van der Waals surface area contributed by atoms with Crippen molar-refractivity contribution in [3.8, 4) is 5.75 Å². The van der Waals surface area contributed by atoms with Crippen molar-refractivity contribution >= 4 is 17.7 Å². The largest absolute Gasteiger partial charge is 0.497 e. The van der Waals surface area contributed by atoms with Crippen LogP contribution in [-0.4, -0.2) is 36.8 Å². The standard InChI is InChI=1S/C23H28N2O4/c1-23(2,3)29-22(27)24-20-19(15-10-16-8-6-5-7-9-16)25(21(20)26)17-11-13-18(28-4)14-12-17/h5-9,11-14,19-20H,10,15H2,1-4H3,(H,24,27)/t19-,20+/m1/s1. The highest BCUT2D eigenvalue weighted by atomic mass is 16.6. The van der Waals surface area contributed by atoms with Crippen molar-refractivity contribution in [1.29, 1.82) is 0 Å². The van der Waals surface area contributed by atoms with Gasteiger partial charge in [0.05, 0.1) is 13.2 Å². The van der Waals surface area contributed by atoms with E-state index in [9.17, 15) is 9.59 Å². The fourth-order valence-electron chi connectivity index (χ4n) is 3.45. The lowest BCUT2D eigenvalue weighted by Crippen LogP contribution is -2.71. The molecule has 2 amide bonds. The highest BCUT2D eigenvalue weighted by molar-refractivity contribution is 6.06. The summed E-state index contributed by atoms with van der Waals surface area (Å²) in [6, 6.07) is 16.7. The van der Waals surface area contributed by atoms with Crippen molar-refractivity contribution in [1.82, 2.24) is 5.32 Å². The summed E-state index contributed by atoms with van der Waals surface area (Å²) >= 11 is 0. The molecule has 1 aliphatic heterocycles. The highest BCUT2D eigenvalue weighted by Gasteiger charge is 2.48. The smallest absolute Gasteiger partial charge is 0.408 e. The van der Waals surface area contributed by atoms with E-state index in [0.717, 1.165) is 24.3 Å². The molecule has 0 spiro atoms. The summed E-state index contributed by atoms with van der Waals surface area (Å²) in [7, 11) is 1.60. The number of hydrogen-bond donors (Lipinski definition) is 1. The second-order valence-electron chi connectivity index (χ2n) is 8.12. The highest BCUT2D eigenvalue weighted by Crippen LogP contribution is 2.32. The van der Waals surface area contributed by atoms with E-state index in [1.807, 2.05) is 42.5 Å². The van der Waals surface area contributed by atoms with Crippen LogP contribution in [0.2, 0.25) is 0 Å². The first kappa shape index (κ1) is 20.7. The van der Waals surface area contributed by atoms with Crippen molar-refractivity contribution in [3.63, 3.8) is 0 Å². The molecular weight excluding hydrogens is 368 g/mol. The van der Waals surface area contributed by atoms with Crippen LogP contribution in [0.25, 0.3) is 0 Å². The molecule has 1 heterocycles. The van der Waals surface area contributed by atoms with E-state index in [4.69, 9.17) is 9.47 Å². The second-order valence-corrected chi connectivity index (χ2v) is 8.12. The first-order chi connectivity index (χ1) is 13.8. The average Bonchev–Trinajstić information content (AvgIpc) is 2.69. The van der Waals surface area contributed by atoms with Crippen LogP contribution in [-0.2, 0) is 16.0 Å². The molecule has 2 atom stereocenters. The molecule has 2 aromatic carbocycles. The van der Waals surface area contributed by atoms with E-state index in [2.05, 4.69) is 17.4 Å². The third kappa shape index (κ3) is 5.08. The number of carbonyl (C=O) groups is 2. The van der Waals surface area contributed by atoms with Crippen LogP contribution in [0.15, 0.2) is 54.6 Å². The molecule has 1 fully saturated rings. The maximum Gasteiger partial charge on any atom is 0.408 e. The Hall–Kier alpha value is -3.02. The first-order valence-corrected chi connectivity index (χ1v) is 9.79. The van der Waals surface area contributed by atoms with Gasteiger partial charge in [-0.15, -0.1) is 0 Å². The molecule has 0 radical (unpaired) electrons. The van der Waals surface area contributed by atoms with Crippen LogP contribution in [0.3, 0.4) is 0 Å². The van der Waals surface area contributed by atoms with Crippen LogP contribution in [0.5, 0.6) is 5.75 Å². The fraction of sp³-hybridized carbons (Fsp3) is 0.391. The van der Waals surface area contributed by atoms with E-state index < -0.39 is 17.7 Å². The number of aryl methyl sites for hydroxylation is 1. The summed E-state index contributed by atoms with van der Waals surface area (Å²) in [5.41, 5.74) is 1.36. The fourth-order valence-corrected chi connectivity index (χ4v) is 3.45. The van der Waals surface area contributed by atoms with Gasteiger partial charge < -0.3 is 19.7 Å². The number of rotatable bonds is 6. The minimum Gasteiger partial charge on any atom is -0.497 e. The van der Waals surface area contributed by atoms with Crippen molar-refractivity contribution in [3.05, 3.63) is 60.2 Å². The quantitative estimate of drug-likeness (QED) is 0.751. The Morgan fingerprint density at radius 1 is 1.07 bits per heavy atom. The molecule has 1 N–H and O–H groups in total. The van der Waals surface area contributed by atoms with Gasteiger partial charge in [-0.05, 0) is 63.4 Å². The number of methoxy groups -OCH3 is 1. The zero-order chi connectivity index (χ0) is 21.0. The number of hydrogen-bond acceptors (Lipinski definition) is 4. The monoisotopic (exact) mass is 396 g/mol. The molecule has 1 aliphatic rings. The summed E-state index contributed by atoms with van der Waals surface area (Å²) in [5.74, 6) is 0.588. The number of carbonyl (C=O) groups excluding carboxylic acids is 2. The third-order valence-corrected chi connectivity index (χ3v) is 4.81. The molecule has 29 heavy (non-hydrogen) atoms. The zero-order valence-corrected chi connectivity index (χ0v) is 17.3. The summed E-state index contributed by atoms with van der Waals surface area (Å²) in [6.45, 7) is 5.39. The molecule has 0 aromatic heterocycles. The Morgan fingerprint density at radius 3 is 2.31 bits per heavy atom. The number of amides is 2. The van der Waals surface area contributed by atoms with E-state index in [1.54, 1.807) is 32.8 Å². The van der Waals surface area contributed by atoms with Gasteiger partial charge in [-0.3, -0.25) is 4.79 Å². The maximum absolute atomic E-state index is 12.9. The molecule has 0 aliphatic carbocycles. The lowest BCUT2D eigenvalue weighted by Gasteiger charge is -2.47. The lowest BCUT2D eigenvalue weighted by molar-refractivity contribution is -0.127. The predicted molar refractivity (Wildman–Crippen MR) is 112 cm³/mol. The van der Waals surface area contributed by atoms with Gasteiger partial charge in [-0.25, -0.2) is 4.79 Å². The van der Waals surface area contributed by atoms with Gasteiger partial charge in [-0.2, -0.15) is 0 Å². The number of benzene rings is 2. The molecule has 3 rings (SSSR count). The average molecular weight is 396 g/mol. The number of alkyl carbamates (subject to hydrolysis) is 1. The maximum atomic E-state index is 12.9. The Morgan fingerprint density at radius 2 is 1.72 bits per heavy atom. The number of nitrogens with zero attached hydrogens (tertiary/aromatic N) is 1. The topological polar surface area (TPSA) is 67.9 Å². The molecule has 2 aromatic rings. The molecule has 6 heteroatoms. The van der Waals surface area contributed by atoms with E-state index in [0.29, 0.717) is 0 Å². The van der Waals surface area contributed by atoms with Gasteiger partial charge in [0.25, 0.3) is 5.91 Å². The van der Waals surface area contributed by atoms with Gasteiger partial charge >= 0.3 is 6.09 Å². The van der Waals surface area contributed by atoms with Gasteiger partial charge in [-0.1, -0.05) is 30.3 Å². The molecule has 0 saturated carbocycles. The molecular formula is C23H28N2O4. The third-order valence-electron chi connectivity index (χ3n) is 4.81. The van der Waals surface area contributed by atoms with Gasteiger partial charge in [0.15, 0.2) is 0 Å². The number of anilines is 1. The molecule has 0 bridgehead atoms. The zero-order valence-electron chi connectivity index (χ0n) is 17.3. The van der Waals surface area contributed by atoms with Crippen molar-refractivity contribution in [2.45, 2.75) is 51.3 Å². The molecule has 0 unspecified atom stereocenters. The van der Waals surface area contributed by atoms with Crippen LogP contribution < -0.4 is 15.0 Å². The van der Waals surface area contributed by atoms with E-state index in [1.165, 1.54) is 5.56 Å². The summed E-state index contributed by atoms with van der Waals surface area (Å²) in [5, 5.41) is 2.75. The number of β-lactam (4-membered cyclic amide) rings is 1. The van der Waals surface area contributed by atoms with E-state index >= 15 is 0 Å². The minimum absolute atomic E-state index is 0.140. The van der Waals surface area contributed by atoms with Crippen molar-refractivity contribution < 1.29 is 19.1 Å². The summed E-state index contributed by atoms with van der Waals surface area (Å²) < 4.78 is 10.5. The Labute approximate surface area is 171 Å². The normalized spacial score (nSPS) is 18.8. The Kier molecular flexibility index (Phi) is 6.11. The summed E-state index contributed by atoms with van der Waals surface area (Å²) in [6.07, 6.45) is 0.954. The minimum atomic E-state index is -0.619. The predicted octanol–water partition coefficient (Wildman–Crippen LogP) is 3.94. The van der Waals surface area contributed by atoms with Gasteiger partial charge in [0.1, 0.15) is 17.4 Å². The van der Waals surface area contributed by atoms with Crippen molar-refractivity contribution in [2.75, 3.05) is 12.0 Å².